The van der Waals surface area contributed by atoms with Crippen molar-refractivity contribution in [2.45, 2.75) is 6.92 Å². The van der Waals surface area contributed by atoms with Gasteiger partial charge in [0, 0.05) is 7.05 Å². The lowest BCUT2D eigenvalue weighted by Crippen LogP contribution is -1.90. The van der Waals surface area contributed by atoms with E-state index < -0.39 is 0 Å². The molecule has 0 aliphatic rings. The largest absolute Gasteiger partial charge is 0.394 e. The molecule has 0 amide bonds. The van der Waals surface area contributed by atoms with Crippen molar-refractivity contribution in [3.05, 3.63) is 36.6 Å². The van der Waals surface area contributed by atoms with Gasteiger partial charge in [-0.3, -0.25) is 0 Å². The first kappa shape index (κ1) is 8.02. The summed E-state index contributed by atoms with van der Waals surface area (Å²) in [5.74, 6) is 0. The summed E-state index contributed by atoms with van der Waals surface area (Å²) in [4.78, 5) is 0. The van der Waals surface area contributed by atoms with E-state index in [1.165, 1.54) is 5.57 Å². The van der Waals surface area contributed by atoms with Gasteiger partial charge in [-0.15, -0.1) is 0 Å². The van der Waals surface area contributed by atoms with Gasteiger partial charge in [-0.05, 0) is 24.8 Å². The molecule has 0 aliphatic carbocycles. The molecule has 0 unspecified atom stereocenters. The molecule has 1 N–H and O–H groups in total. The summed E-state index contributed by atoms with van der Waals surface area (Å²) < 4.78 is 0. The molecular weight excluding hydrogens is 110 g/mol. The second-order valence-electron chi connectivity index (χ2n) is 1.77. The second kappa shape index (κ2) is 5.16. The van der Waals surface area contributed by atoms with Crippen LogP contribution in [0.15, 0.2) is 36.6 Å². The molecule has 0 aromatic rings. The molecule has 0 radical (unpaired) electrons. The van der Waals surface area contributed by atoms with Crippen LogP contribution in [0.1, 0.15) is 6.92 Å². The van der Waals surface area contributed by atoms with Crippen LogP contribution in [0.3, 0.4) is 0 Å². The maximum Gasteiger partial charge on any atom is 0.00277 e. The van der Waals surface area contributed by atoms with Crippen LogP contribution >= 0.6 is 0 Å². The van der Waals surface area contributed by atoms with E-state index in [9.17, 15) is 0 Å². The Hall–Kier alpha value is -0.980. The van der Waals surface area contributed by atoms with Gasteiger partial charge in [0.25, 0.3) is 0 Å². The lowest BCUT2D eigenvalue weighted by Gasteiger charge is -1.87. The second-order valence-corrected chi connectivity index (χ2v) is 1.77. The molecule has 0 saturated carbocycles. The summed E-state index contributed by atoms with van der Waals surface area (Å²) in [6.45, 7) is 5.60. The van der Waals surface area contributed by atoms with Crippen LogP contribution in [-0.4, -0.2) is 7.05 Å². The molecule has 9 heavy (non-hydrogen) atoms. The number of hydrogen-bond acceptors (Lipinski definition) is 1. The Kier molecular flexibility index (Phi) is 4.60. The van der Waals surface area contributed by atoms with Gasteiger partial charge in [0.05, 0.1) is 0 Å². The predicted octanol–water partition coefficient (Wildman–Crippen LogP) is 1.85. The highest BCUT2D eigenvalue weighted by Gasteiger charge is 1.73. The molecule has 0 aliphatic heterocycles. The summed E-state index contributed by atoms with van der Waals surface area (Å²) >= 11 is 0. The van der Waals surface area contributed by atoms with Gasteiger partial charge in [-0.1, -0.05) is 18.7 Å². The third kappa shape index (κ3) is 4.88. The van der Waals surface area contributed by atoms with Gasteiger partial charge < -0.3 is 5.32 Å². The van der Waals surface area contributed by atoms with Crippen molar-refractivity contribution in [1.82, 2.24) is 5.32 Å². The fraction of sp³-hybridized carbons (Fsp3) is 0.250. The number of rotatable bonds is 3. The fourth-order valence-electron chi connectivity index (χ4n) is 0.456. The van der Waals surface area contributed by atoms with Gasteiger partial charge in [0.1, 0.15) is 0 Å². The molecule has 1 heteroatoms. The Bertz CT molecular complexity index is 132. The Morgan fingerprint density at radius 3 is 2.67 bits per heavy atom. The number of hydrogen-bond donors (Lipinski definition) is 1. The van der Waals surface area contributed by atoms with Gasteiger partial charge in [-0.2, -0.15) is 0 Å². The van der Waals surface area contributed by atoms with E-state index in [-0.39, 0.29) is 0 Å². The summed E-state index contributed by atoms with van der Waals surface area (Å²) in [5, 5.41) is 2.90. The van der Waals surface area contributed by atoms with Crippen molar-refractivity contribution in [3.8, 4) is 0 Å². The summed E-state index contributed by atoms with van der Waals surface area (Å²) in [7, 11) is 1.87. The van der Waals surface area contributed by atoms with E-state index >= 15 is 0 Å². The molecule has 0 bridgehead atoms. The van der Waals surface area contributed by atoms with Crippen LogP contribution in [0.2, 0.25) is 0 Å². The highest BCUT2D eigenvalue weighted by atomic mass is 14.8. The van der Waals surface area contributed by atoms with E-state index in [0.29, 0.717) is 0 Å². The molecular formula is C8H13N. The minimum atomic E-state index is 1.19. The molecule has 0 atom stereocenters. The monoisotopic (exact) mass is 123 g/mol. The first-order valence-corrected chi connectivity index (χ1v) is 2.94. The normalized spacial score (nSPS) is 12.0. The Morgan fingerprint density at radius 1 is 1.56 bits per heavy atom. The molecule has 0 heterocycles. The summed E-state index contributed by atoms with van der Waals surface area (Å²) in [6, 6.07) is 0. The Labute approximate surface area is 56.8 Å². The quantitative estimate of drug-likeness (QED) is 0.565. The van der Waals surface area contributed by atoms with Crippen LogP contribution in [0.5, 0.6) is 0 Å². The molecule has 1 nitrogen and oxygen atoms in total. The predicted molar refractivity (Wildman–Crippen MR) is 42.2 cm³/mol. The van der Waals surface area contributed by atoms with Crippen molar-refractivity contribution in [2.24, 2.45) is 0 Å². The third-order valence-electron chi connectivity index (χ3n) is 0.894. The smallest absolute Gasteiger partial charge is 0.00277 e. The zero-order valence-corrected chi connectivity index (χ0v) is 6.02. The average molecular weight is 123 g/mol. The van der Waals surface area contributed by atoms with Crippen molar-refractivity contribution >= 4 is 0 Å². The molecule has 0 rings (SSSR count). The maximum absolute atomic E-state index is 3.58. The zero-order valence-electron chi connectivity index (χ0n) is 6.02. The van der Waals surface area contributed by atoms with E-state index in [0.717, 1.165) is 0 Å². The Balaban J connectivity index is 3.74. The first-order chi connectivity index (χ1) is 4.31. The molecule has 0 aromatic carbocycles. The highest BCUT2D eigenvalue weighted by molar-refractivity contribution is 5.19. The van der Waals surface area contributed by atoms with E-state index in [1.807, 2.05) is 32.3 Å². The lowest BCUT2D eigenvalue weighted by molar-refractivity contribution is 1.10. The van der Waals surface area contributed by atoms with Crippen LogP contribution < -0.4 is 5.32 Å². The molecule has 0 spiro atoms. The van der Waals surface area contributed by atoms with Crippen molar-refractivity contribution in [3.63, 3.8) is 0 Å². The SMILES string of the molecule is C=C/C=C(C)\C=C\NC. The molecule has 0 saturated heterocycles. The van der Waals surface area contributed by atoms with E-state index in [2.05, 4.69) is 11.9 Å². The molecule has 50 valence electrons. The number of nitrogens with one attached hydrogen (secondary N) is 1. The fourth-order valence-corrected chi connectivity index (χ4v) is 0.456. The van der Waals surface area contributed by atoms with Crippen molar-refractivity contribution in [2.75, 3.05) is 7.05 Å². The van der Waals surface area contributed by atoms with Crippen LogP contribution in [-0.2, 0) is 0 Å². The minimum absolute atomic E-state index is 1.19. The number of allylic oxidation sites excluding steroid dienone is 4. The van der Waals surface area contributed by atoms with Gasteiger partial charge in [-0.25, -0.2) is 0 Å². The lowest BCUT2D eigenvalue weighted by atomic mass is 10.3. The van der Waals surface area contributed by atoms with Gasteiger partial charge in [0.2, 0.25) is 0 Å². The van der Waals surface area contributed by atoms with Crippen molar-refractivity contribution in [1.29, 1.82) is 0 Å². The molecule has 0 fully saturated rings. The third-order valence-corrected chi connectivity index (χ3v) is 0.894. The zero-order chi connectivity index (χ0) is 7.11. The topological polar surface area (TPSA) is 12.0 Å². The summed E-state index contributed by atoms with van der Waals surface area (Å²) in [5.41, 5.74) is 1.19. The summed E-state index contributed by atoms with van der Waals surface area (Å²) in [6.07, 6.45) is 7.60. The van der Waals surface area contributed by atoms with Gasteiger partial charge in [0.15, 0.2) is 0 Å². The van der Waals surface area contributed by atoms with Crippen LogP contribution in [0.4, 0.5) is 0 Å². The van der Waals surface area contributed by atoms with Crippen LogP contribution in [0, 0.1) is 0 Å². The van der Waals surface area contributed by atoms with E-state index in [4.69, 9.17) is 0 Å². The first-order valence-electron chi connectivity index (χ1n) is 2.94. The molecule has 0 aromatic heterocycles. The van der Waals surface area contributed by atoms with Crippen LogP contribution in [0.25, 0.3) is 0 Å². The average Bonchev–Trinajstić information content (AvgIpc) is 1.85. The minimum Gasteiger partial charge on any atom is -0.394 e. The van der Waals surface area contributed by atoms with E-state index in [1.54, 1.807) is 6.08 Å². The highest BCUT2D eigenvalue weighted by Crippen LogP contribution is 1.92. The maximum atomic E-state index is 3.58. The standard InChI is InChI=1S/C8H13N/c1-4-5-8(2)6-7-9-3/h4-7,9H,1H2,2-3H3/b7-6+,8-5-. The van der Waals surface area contributed by atoms with Crippen molar-refractivity contribution < 1.29 is 0 Å². The Morgan fingerprint density at radius 2 is 2.22 bits per heavy atom. The van der Waals surface area contributed by atoms with Gasteiger partial charge >= 0.3 is 0 Å².